The van der Waals surface area contributed by atoms with Crippen molar-refractivity contribution < 1.29 is 24.5 Å². The number of ketones is 1. The number of allylic oxidation sites excluding steroid dienone is 1. The van der Waals surface area contributed by atoms with Gasteiger partial charge in [0.15, 0.2) is 5.60 Å². The van der Waals surface area contributed by atoms with E-state index in [2.05, 4.69) is 0 Å². The molecule has 0 saturated carbocycles. The van der Waals surface area contributed by atoms with E-state index >= 15 is 0 Å². The SMILES string of the molecule is CC(C)=CCC12OCCC(=O)C1(O)Oc1cc(O)ccc12. The Bertz CT molecular complexity index is 632. The van der Waals surface area contributed by atoms with Gasteiger partial charge in [0, 0.05) is 24.5 Å². The van der Waals surface area contributed by atoms with Crippen molar-refractivity contribution in [3.05, 3.63) is 35.4 Å². The molecule has 5 nitrogen and oxygen atoms in total. The third kappa shape index (κ3) is 1.88. The van der Waals surface area contributed by atoms with Crippen LogP contribution in [0.15, 0.2) is 29.8 Å². The summed E-state index contributed by atoms with van der Waals surface area (Å²) in [6.07, 6.45) is 2.34. The van der Waals surface area contributed by atoms with Gasteiger partial charge in [-0.3, -0.25) is 4.79 Å². The van der Waals surface area contributed by atoms with E-state index in [1.165, 1.54) is 12.1 Å². The Balaban J connectivity index is 2.18. The van der Waals surface area contributed by atoms with E-state index in [-0.39, 0.29) is 24.5 Å². The third-order valence-corrected chi connectivity index (χ3v) is 4.06. The number of carbonyl (C=O) groups excluding carboxylic acids is 1. The van der Waals surface area contributed by atoms with Gasteiger partial charge in [0.25, 0.3) is 0 Å². The number of carbonyl (C=O) groups is 1. The number of rotatable bonds is 2. The molecule has 1 aromatic carbocycles. The first-order valence-electron chi connectivity index (χ1n) is 6.94. The molecule has 3 rings (SSSR count). The van der Waals surface area contributed by atoms with Gasteiger partial charge < -0.3 is 19.7 Å². The van der Waals surface area contributed by atoms with Crippen LogP contribution in [0.25, 0.3) is 0 Å². The summed E-state index contributed by atoms with van der Waals surface area (Å²) in [6.45, 7) is 4.11. The Morgan fingerprint density at radius 1 is 1.43 bits per heavy atom. The molecule has 21 heavy (non-hydrogen) atoms. The van der Waals surface area contributed by atoms with Gasteiger partial charge in [-0.25, -0.2) is 0 Å². The number of phenolic OH excluding ortho intramolecular Hbond substituents is 1. The van der Waals surface area contributed by atoms with Gasteiger partial charge in [0.05, 0.1) is 6.61 Å². The molecule has 0 amide bonds. The van der Waals surface area contributed by atoms with Gasteiger partial charge in [-0.05, 0) is 26.0 Å². The van der Waals surface area contributed by atoms with Gasteiger partial charge >= 0.3 is 5.79 Å². The van der Waals surface area contributed by atoms with Gasteiger partial charge in [0.1, 0.15) is 11.5 Å². The zero-order valence-corrected chi connectivity index (χ0v) is 12.0. The van der Waals surface area contributed by atoms with Gasteiger partial charge in [-0.1, -0.05) is 11.6 Å². The number of hydrogen-bond acceptors (Lipinski definition) is 5. The third-order valence-electron chi connectivity index (χ3n) is 4.06. The minimum atomic E-state index is -2.03. The minimum Gasteiger partial charge on any atom is -0.508 e. The smallest absolute Gasteiger partial charge is 0.302 e. The average molecular weight is 290 g/mol. The molecular formula is C16H18O5. The van der Waals surface area contributed by atoms with Crippen LogP contribution >= 0.6 is 0 Å². The van der Waals surface area contributed by atoms with Crippen molar-refractivity contribution in [2.24, 2.45) is 0 Å². The lowest BCUT2D eigenvalue weighted by atomic mass is 9.79. The molecule has 0 aliphatic carbocycles. The van der Waals surface area contributed by atoms with Gasteiger partial charge in [0.2, 0.25) is 5.78 Å². The second-order valence-corrected chi connectivity index (χ2v) is 5.76. The maximum Gasteiger partial charge on any atom is 0.302 e. The molecule has 0 bridgehead atoms. The molecule has 0 radical (unpaired) electrons. The number of phenols is 1. The molecule has 2 aliphatic rings. The predicted octanol–water partition coefficient (Wildman–Crippen LogP) is 2.01. The van der Waals surface area contributed by atoms with Crippen molar-refractivity contribution in [3.8, 4) is 11.5 Å². The largest absolute Gasteiger partial charge is 0.508 e. The van der Waals surface area contributed by atoms with Gasteiger partial charge in [-0.15, -0.1) is 0 Å². The van der Waals surface area contributed by atoms with Crippen LogP contribution in [-0.4, -0.2) is 28.4 Å². The highest BCUT2D eigenvalue weighted by Gasteiger charge is 2.66. The highest BCUT2D eigenvalue weighted by atomic mass is 16.7. The van der Waals surface area contributed by atoms with Crippen molar-refractivity contribution in [2.75, 3.05) is 6.61 Å². The highest BCUT2D eigenvalue weighted by molar-refractivity contribution is 5.90. The van der Waals surface area contributed by atoms with Crippen molar-refractivity contribution in [2.45, 2.75) is 38.1 Å². The first-order chi connectivity index (χ1) is 9.89. The molecular weight excluding hydrogens is 272 g/mol. The topological polar surface area (TPSA) is 76.0 Å². The van der Waals surface area contributed by atoms with Crippen LogP contribution in [-0.2, 0) is 15.1 Å². The minimum absolute atomic E-state index is 0.0146. The molecule has 5 heteroatoms. The van der Waals surface area contributed by atoms with E-state index in [0.717, 1.165) is 5.57 Å². The molecule has 1 saturated heterocycles. The number of Topliss-reactive ketones (excluding diaryl/α,β-unsaturated/α-hetero) is 1. The fourth-order valence-corrected chi connectivity index (χ4v) is 2.95. The summed E-state index contributed by atoms with van der Waals surface area (Å²) in [6, 6.07) is 4.53. The van der Waals surface area contributed by atoms with E-state index in [9.17, 15) is 15.0 Å². The van der Waals surface area contributed by atoms with Crippen LogP contribution in [0.1, 0.15) is 32.3 Å². The first kappa shape index (κ1) is 14.1. The summed E-state index contributed by atoms with van der Waals surface area (Å²) in [7, 11) is 0. The summed E-state index contributed by atoms with van der Waals surface area (Å²) in [5.41, 5.74) is 0.400. The summed E-state index contributed by atoms with van der Waals surface area (Å²) < 4.78 is 11.4. The first-order valence-corrected chi connectivity index (χ1v) is 6.94. The molecule has 112 valence electrons. The van der Waals surface area contributed by atoms with Crippen LogP contribution in [0.5, 0.6) is 11.5 Å². The molecule has 2 atom stereocenters. The van der Waals surface area contributed by atoms with Crippen LogP contribution in [0.2, 0.25) is 0 Å². The van der Waals surface area contributed by atoms with Gasteiger partial charge in [-0.2, -0.15) is 0 Å². The highest BCUT2D eigenvalue weighted by Crippen LogP contribution is 2.54. The lowest BCUT2D eigenvalue weighted by molar-refractivity contribution is -0.264. The zero-order chi connectivity index (χ0) is 15.3. The van der Waals surface area contributed by atoms with E-state index in [0.29, 0.717) is 12.0 Å². The average Bonchev–Trinajstić information content (AvgIpc) is 2.67. The summed E-state index contributed by atoms with van der Waals surface area (Å²) in [4.78, 5) is 12.3. The Labute approximate surface area is 122 Å². The second-order valence-electron chi connectivity index (χ2n) is 5.76. The molecule has 2 N–H and O–H groups in total. The van der Waals surface area contributed by atoms with Crippen LogP contribution in [0.4, 0.5) is 0 Å². The van der Waals surface area contributed by atoms with E-state index < -0.39 is 17.2 Å². The molecule has 1 aromatic rings. The Hall–Kier alpha value is -1.85. The Morgan fingerprint density at radius 3 is 2.90 bits per heavy atom. The quantitative estimate of drug-likeness (QED) is 0.815. The van der Waals surface area contributed by atoms with E-state index in [4.69, 9.17) is 9.47 Å². The fraction of sp³-hybridized carbons (Fsp3) is 0.438. The molecule has 0 spiro atoms. The Morgan fingerprint density at radius 2 is 2.19 bits per heavy atom. The predicted molar refractivity (Wildman–Crippen MR) is 75.0 cm³/mol. The number of hydrogen-bond donors (Lipinski definition) is 2. The van der Waals surface area contributed by atoms with Crippen molar-refractivity contribution in [1.29, 1.82) is 0 Å². The molecule has 2 heterocycles. The Kier molecular flexibility index (Phi) is 3.07. The number of ether oxygens (including phenoxy) is 2. The van der Waals surface area contributed by atoms with Crippen molar-refractivity contribution in [1.82, 2.24) is 0 Å². The molecule has 0 aromatic heterocycles. The fourth-order valence-electron chi connectivity index (χ4n) is 2.95. The van der Waals surface area contributed by atoms with Crippen molar-refractivity contribution >= 4 is 5.78 Å². The van der Waals surface area contributed by atoms with Crippen LogP contribution in [0, 0.1) is 0 Å². The van der Waals surface area contributed by atoms with E-state index in [1.807, 2.05) is 19.9 Å². The lowest BCUT2D eigenvalue weighted by Gasteiger charge is -2.42. The standard InChI is InChI=1S/C16H18O5/c1-10(2)5-7-15-12-4-3-11(17)9-13(12)21-16(15,19)14(18)6-8-20-15/h3-5,9,17,19H,6-8H2,1-2H3. The van der Waals surface area contributed by atoms with E-state index in [1.54, 1.807) is 6.07 Å². The summed E-state index contributed by atoms with van der Waals surface area (Å²) >= 11 is 0. The maximum atomic E-state index is 12.3. The number of benzene rings is 1. The number of aromatic hydroxyl groups is 1. The summed E-state index contributed by atoms with van der Waals surface area (Å²) in [5, 5.41) is 20.4. The zero-order valence-electron chi connectivity index (χ0n) is 12.0. The van der Waals surface area contributed by atoms with Crippen LogP contribution < -0.4 is 4.74 Å². The maximum absolute atomic E-state index is 12.3. The monoisotopic (exact) mass is 290 g/mol. The molecule has 2 aliphatic heterocycles. The van der Waals surface area contributed by atoms with Crippen molar-refractivity contribution in [3.63, 3.8) is 0 Å². The number of fused-ring (bicyclic) bond motifs is 3. The molecule has 1 fully saturated rings. The lowest BCUT2D eigenvalue weighted by Crippen LogP contribution is -2.61. The number of aliphatic hydroxyl groups is 1. The summed E-state index contributed by atoms with van der Waals surface area (Å²) in [5.74, 6) is -2.13. The van der Waals surface area contributed by atoms with Crippen LogP contribution in [0.3, 0.4) is 0 Å². The normalized spacial score (nSPS) is 30.3. The molecule has 2 unspecified atom stereocenters. The second kappa shape index (κ2) is 4.58.